The van der Waals surface area contributed by atoms with Gasteiger partial charge in [-0.2, -0.15) is 10.2 Å². The summed E-state index contributed by atoms with van der Waals surface area (Å²) in [5, 5.41) is 15.2. The van der Waals surface area contributed by atoms with E-state index in [1.54, 1.807) is 0 Å². The molecule has 0 aromatic carbocycles. The number of carbonyl (C=O) groups is 1. The topological polar surface area (TPSA) is 91.8 Å². The van der Waals surface area contributed by atoms with Crippen LogP contribution in [0.4, 0.5) is 0 Å². The quantitative estimate of drug-likeness (QED) is 0.844. The predicted molar refractivity (Wildman–Crippen MR) is 57.9 cm³/mol. The third-order valence-electron chi connectivity index (χ3n) is 3.21. The highest BCUT2D eigenvalue weighted by atomic mass is 16.5. The lowest BCUT2D eigenvalue weighted by Gasteiger charge is -1.95. The van der Waals surface area contributed by atoms with Gasteiger partial charge in [-0.25, -0.2) is 0 Å². The summed E-state index contributed by atoms with van der Waals surface area (Å²) in [4.78, 5) is 15.5. The SMILES string of the molecule is CCNC(=O)c1noc(C2C(C#N)C2(C)C)n1. The molecule has 2 rings (SSSR count). The molecule has 1 N–H and O–H groups in total. The Kier molecular flexibility index (Phi) is 2.62. The minimum absolute atomic E-state index is 0.0289. The number of amides is 1. The molecule has 1 saturated carbocycles. The summed E-state index contributed by atoms with van der Waals surface area (Å²) in [7, 11) is 0. The number of carbonyl (C=O) groups excluding carboxylic acids is 1. The maximum atomic E-state index is 11.5. The van der Waals surface area contributed by atoms with Crippen molar-refractivity contribution in [1.29, 1.82) is 5.26 Å². The normalized spacial score (nSPS) is 25.1. The molecule has 0 aliphatic heterocycles. The van der Waals surface area contributed by atoms with Crippen LogP contribution in [0, 0.1) is 22.7 Å². The van der Waals surface area contributed by atoms with Crippen LogP contribution in [0.3, 0.4) is 0 Å². The summed E-state index contributed by atoms with van der Waals surface area (Å²) in [5.41, 5.74) is -0.153. The van der Waals surface area contributed by atoms with Crippen molar-refractivity contribution in [2.75, 3.05) is 6.54 Å². The monoisotopic (exact) mass is 234 g/mol. The number of nitrogens with one attached hydrogen (secondary N) is 1. The second-order valence-corrected chi connectivity index (χ2v) is 4.72. The van der Waals surface area contributed by atoms with Crippen molar-refractivity contribution >= 4 is 5.91 Å². The van der Waals surface area contributed by atoms with Gasteiger partial charge in [0, 0.05) is 6.54 Å². The zero-order valence-corrected chi connectivity index (χ0v) is 10.0. The Morgan fingerprint density at radius 3 is 2.88 bits per heavy atom. The minimum Gasteiger partial charge on any atom is -0.349 e. The Hall–Kier alpha value is -1.90. The van der Waals surface area contributed by atoms with Crippen LogP contribution in [0.25, 0.3) is 0 Å². The Bertz CT molecular complexity index is 486. The Morgan fingerprint density at radius 1 is 1.65 bits per heavy atom. The molecule has 0 bridgehead atoms. The van der Waals surface area contributed by atoms with E-state index < -0.39 is 0 Å². The van der Waals surface area contributed by atoms with Gasteiger partial charge in [-0.1, -0.05) is 19.0 Å². The van der Waals surface area contributed by atoms with E-state index >= 15 is 0 Å². The van der Waals surface area contributed by atoms with E-state index in [2.05, 4.69) is 21.5 Å². The van der Waals surface area contributed by atoms with Gasteiger partial charge in [0.25, 0.3) is 11.7 Å². The lowest BCUT2D eigenvalue weighted by atomic mass is 10.1. The van der Waals surface area contributed by atoms with Gasteiger partial charge in [-0.3, -0.25) is 4.79 Å². The molecule has 0 saturated heterocycles. The Labute approximate surface area is 99.0 Å². The fraction of sp³-hybridized carbons (Fsp3) is 0.636. The molecule has 1 aromatic heterocycles. The van der Waals surface area contributed by atoms with Crippen molar-refractivity contribution in [3.63, 3.8) is 0 Å². The van der Waals surface area contributed by atoms with Gasteiger partial charge in [0.2, 0.25) is 5.89 Å². The van der Waals surface area contributed by atoms with Gasteiger partial charge in [0.15, 0.2) is 0 Å². The Balaban J connectivity index is 2.16. The molecule has 0 radical (unpaired) electrons. The first-order valence-electron chi connectivity index (χ1n) is 5.53. The van der Waals surface area contributed by atoms with E-state index in [1.165, 1.54) is 0 Å². The minimum atomic E-state index is -0.352. The maximum Gasteiger partial charge on any atom is 0.292 e. The summed E-state index contributed by atoms with van der Waals surface area (Å²) in [6.45, 7) is 6.27. The van der Waals surface area contributed by atoms with E-state index in [4.69, 9.17) is 9.78 Å². The smallest absolute Gasteiger partial charge is 0.292 e. The number of nitriles is 1. The summed E-state index contributed by atoms with van der Waals surface area (Å²) in [5.74, 6) is -0.133. The van der Waals surface area contributed by atoms with Gasteiger partial charge in [-0.15, -0.1) is 0 Å². The molecule has 1 aliphatic carbocycles. The summed E-state index contributed by atoms with van der Waals surface area (Å²) < 4.78 is 5.05. The standard InChI is InChI=1S/C11H14N4O2/c1-4-13-9(16)8-14-10(17-15-8)7-6(5-12)11(7,2)3/h6-7H,4H2,1-3H3,(H,13,16). The molecule has 17 heavy (non-hydrogen) atoms. The molecule has 1 aromatic rings. The van der Waals surface area contributed by atoms with Crippen LogP contribution in [0.1, 0.15) is 43.2 Å². The fourth-order valence-corrected chi connectivity index (χ4v) is 2.03. The molecule has 1 heterocycles. The predicted octanol–water partition coefficient (Wildman–Crippen LogP) is 1.08. The van der Waals surface area contributed by atoms with Crippen molar-refractivity contribution in [3.05, 3.63) is 11.7 Å². The van der Waals surface area contributed by atoms with Crippen LogP contribution >= 0.6 is 0 Å². The largest absolute Gasteiger partial charge is 0.349 e. The number of rotatable bonds is 3. The van der Waals surface area contributed by atoms with Crippen molar-refractivity contribution < 1.29 is 9.32 Å². The lowest BCUT2D eigenvalue weighted by molar-refractivity contribution is 0.0942. The molecular formula is C11H14N4O2. The zero-order valence-electron chi connectivity index (χ0n) is 10.0. The first-order valence-corrected chi connectivity index (χ1v) is 5.53. The maximum absolute atomic E-state index is 11.5. The average Bonchev–Trinajstić information content (AvgIpc) is 2.66. The zero-order chi connectivity index (χ0) is 12.6. The molecule has 0 spiro atoms. The van der Waals surface area contributed by atoms with Gasteiger partial charge in [-0.05, 0) is 12.3 Å². The van der Waals surface area contributed by atoms with Crippen LogP contribution in [-0.2, 0) is 0 Å². The Morgan fingerprint density at radius 2 is 2.35 bits per heavy atom. The average molecular weight is 234 g/mol. The first-order chi connectivity index (χ1) is 8.02. The van der Waals surface area contributed by atoms with Crippen LogP contribution in [-0.4, -0.2) is 22.6 Å². The van der Waals surface area contributed by atoms with E-state index in [9.17, 15) is 4.79 Å². The summed E-state index contributed by atoms with van der Waals surface area (Å²) >= 11 is 0. The number of hydrogen-bond acceptors (Lipinski definition) is 5. The van der Waals surface area contributed by atoms with Crippen molar-refractivity contribution in [1.82, 2.24) is 15.5 Å². The van der Waals surface area contributed by atoms with Crippen molar-refractivity contribution in [2.24, 2.45) is 11.3 Å². The molecule has 2 unspecified atom stereocenters. The number of aromatic nitrogens is 2. The number of nitrogens with zero attached hydrogens (tertiary/aromatic N) is 3. The highest BCUT2D eigenvalue weighted by Crippen LogP contribution is 2.63. The van der Waals surface area contributed by atoms with E-state index in [1.807, 2.05) is 20.8 Å². The molecule has 2 atom stereocenters. The summed E-state index contributed by atoms with van der Waals surface area (Å²) in [6.07, 6.45) is 0. The van der Waals surface area contributed by atoms with Gasteiger partial charge in [0.1, 0.15) is 0 Å². The first kappa shape index (κ1) is 11.6. The molecule has 1 aliphatic rings. The molecule has 6 nitrogen and oxygen atoms in total. The van der Waals surface area contributed by atoms with Gasteiger partial charge >= 0.3 is 0 Å². The molecular weight excluding hydrogens is 220 g/mol. The van der Waals surface area contributed by atoms with E-state index in [-0.39, 0.29) is 29.0 Å². The third kappa shape index (κ3) is 1.78. The molecule has 90 valence electrons. The van der Waals surface area contributed by atoms with Crippen LogP contribution in [0.15, 0.2) is 4.52 Å². The highest BCUT2D eigenvalue weighted by Gasteiger charge is 2.62. The third-order valence-corrected chi connectivity index (χ3v) is 3.21. The van der Waals surface area contributed by atoms with Crippen LogP contribution < -0.4 is 5.32 Å². The fourth-order valence-electron chi connectivity index (χ4n) is 2.03. The van der Waals surface area contributed by atoms with E-state index in [0.29, 0.717) is 12.4 Å². The molecule has 6 heteroatoms. The summed E-state index contributed by atoms with van der Waals surface area (Å²) in [6, 6.07) is 2.21. The lowest BCUT2D eigenvalue weighted by Crippen LogP contribution is -2.23. The van der Waals surface area contributed by atoms with Crippen LogP contribution in [0.5, 0.6) is 0 Å². The van der Waals surface area contributed by atoms with Crippen molar-refractivity contribution in [3.8, 4) is 6.07 Å². The van der Waals surface area contributed by atoms with Crippen LogP contribution in [0.2, 0.25) is 0 Å². The van der Waals surface area contributed by atoms with E-state index in [0.717, 1.165) is 0 Å². The second-order valence-electron chi connectivity index (χ2n) is 4.72. The van der Waals surface area contributed by atoms with Crippen molar-refractivity contribution in [2.45, 2.75) is 26.7 Å². The molecule has 1 fully saturated rings. The highest BCUT2D eigenvalue weighted by molar-refractivity contribution is 5.90. The van der Waals surface area contributed by atoms with Gasteiger partial charge < -0.3 is 9.84 Å². The van der Waals surface area contributed by atoms with Gasteiger partial charge in [0.05, 0.1) is 17.9 Å². The molecule has 1 amide bonds. The second kappa shape index (κ2) is 3.84. The number of hydrogen-bond donors (Lipinski definition) is 1.